The van der Waals surface area contributed by atoms with E-state index in [1.165, 1.54) is 32.1 Å². The molecule has 0 radical (unpaired) electrons. The number of rotatable bonds is 6. The maximum Gasteiger partial charge on any atom is 0.225 e. The van der Waals surface area contributed by atoms with E-state index in [1.54, 1.807) is 0 Å². The van der Waals surface area contributed by atoms with Crippen LogP contribution in [0.3, 0.4) is 0 Å². The second-order valence-corrected chi connectivity index (χ2v) is 6.06. The molecule has 0 spiro atoms. The Morgan fingerprint density at radius 3 is 2.67 bits per heavy atom. The first-order valence-corrected chi connectivity index (χ1v) is 7.74. The van der Waals surface area contributed by atoms with Crippen LogP contribution in [-0.2, 0) is 4.79 Å². The van der Waals surface area contributed by atoms with Gasteiger partial charge in [-0.25, -0.2) is 0 Å². The zero-order valence-corrected chi connectivity index (χ0v) is 12.0. The smallest absolute Gasteiger partial charge is 0.225 e. The fraction of sp³-hybridized carbons (Fsp3) is 0.933. The van der Waals surface area contributed by atoms with Gasteiger partial charge in [-0.15, -0.1) is 0 Å². The lowest BCUT2D eigenvalue weighted by atomic mass is 10.0. The van der Waals surface area contributed by atoms with Crippen LogP contribution >= 0.6 is 0 Å². The highest BCUT2D eigenvalue weighted by Gasteiger charge is 2.35. The molecule has 1 saturated carbocycles. The standard InChI is InChI=1S/C15H28N2O/c1-3-10-17(11-14-6-4-5-9-16-14)15(18)12(2)13-7-8-13/h12-14,16H,3-11H2,1-2H3. The van der Waals surface area contributed by atoms with Gasteiger partial charge in [0, 0.05) is 25.0 Å². The molecular weight excluding hydrogens is 224 g/mol. The number of hydrogen-bond donors (Lipinski definition) is 1. The molecule has 1 aliphatic carbocycles. The first-order chi connectivity index (χ1) is 8.72. The summed E-state index contributed by atoms with van der Waals surface area (Å²) in [5.74, 6) is 1.32. The minimum absolute atomic E-state index is 0.250. The van der Waals surface area contributed by atoms with Crippen molar-refractivity contribution in [3.63, 3.8) is 0 Å². The van der Waals surface area contributed by atoms with Crippen molar-refractivity contribution in [2.75, 3.05) is 19.6 Å². The zero-order valence-electron chi connectivity index (χ0n) is 12.0. The summed E-state index contributed by atoms with van der Waals surface area (Å²) in [7, 11) is 0. The van der Waals surface area contributed by atoms with Gasteiger partial charge in [-0.1, -0.05) is 20.3 Å². The summed E-state index contributed by atoms with van der Waals surface area (Å²) < 4.78 is 0. The predicted octanol–water partition coefficient (Wildman–Crippen LogP) is 2.41. The first-order valence-electron chi connectivity index (χ1n) is 7.74. The largest absolute Gasteiger partial charge is 0.341 e. The molecule has 1 heterocycles. The second kappa shape index (κ2) is 6.55. The van der Waals surface area contributed by atoms with Crippen LogP contribution in [-0.4, -0.2) is 36.5 Å². The average Bonchev–Trinajstić information content (AvgIpc) is 3.22. The molecule has 2 unspecified atom stereocenters. The minimum Gasteiger partial charge on any atom is -0.341 e. The third-order valence-corrected chi connectivity index (χ3v) is 4.38. The second-order valence-electron chi connectivity index (χ2n) is 6.06. The van der Waals surface area contributed by atoms with Gasteiger partial charge in [0.2, 0.25) is 5.91 Å². The molecule has 0 aromatic carbocycles. The van der Waals surface area contributed by atoms with E-state index in [0.717, 1.165) is 26.1 Å². The molecule has 3 nitrogen and oxygen atoms in total. The summed E-state index contributed by atoms with van der Waals surface area (Å²) in [6.45, 7) is 7.25. The summed E-state index contributed by atoms with van der Waals surface area (Å²) in [6, 6.07) is 0.528. The van der Waals surface area contributed by atoms with E-state index in [0.29, 0.717) is 17.9 Å². The number of piperidine rings is 1. The Kier molecular flexibility index (Phi) is 5.04. The van der Waals surface area contributed by atoms with E-state index in [9.17, 15) is 4.79 Å². The zero-order chi connectivity index (χ0) is 13.0. The van der Waals surface area contributed by atoms with Crippen molar-refractivity contribution in [1.29, 1.82) is 0 Å². The lowest BCUT2D eigenvalue weighted by Gasteiger charge is -2.32. The molecule has 2 fully saturated rings. The van der Waals surface area contributed by atoms with Crippen LogP contribution in [0.25, 0.3) is 0 Å². The molecule has 3 heteroatoms. The van der Waals surface area contributed by atoms with Crippen molar-refractivity contribution >= 4 is 5.91 Å². The van der Waals surface area contributed by atoms with Crippen molar-refractivity contribution in [3.8, 4) is 0 Å². The average molecular weight is 252 g/mol. The quantitative estimate of drug-likeness (QED) is 0.787. The fourth-order valence-electron chi connectivity index (χ4n) is 2.99. The number of hydrogen-bond acceptors (Lipinski definition) is 2. The molecule has 1 N–H and O–H groups in total. The van der Waals surface area contributed by atoms with Crippen molar-refractivity contribution in [1.82, 2.24) is 10.2 Å². The highest BCUT2D eigenvalue weighted by Crippen LogP contribution is 2.37. The van der Waals surface area contributed by atoms with E-state index in [1.807, 2.05) is 0 Å². The number of nitrogens with zero attached hydrogens (tertiary/aromatic N) is 1. The van der Waals surface area contributed by atoms with Crippen LogP contribution < -0.4 is 5.32 Å². The van der Waals surface area contributed by atoms with E-state index < -0.39 is 0 Å². The van der Waals surface area contributed by atoms with Gasteiger partial charge in [0.05, 0.1) is 0 Å². The normalized spacial score (nSPS) is 25.8. The monoisotopic (exact) mass is 252 g/mol. The van der Waals surface area contributed by atoms with Gasteiger partial charge < -0.3 is 10.2 Å². The first kappa shape index (κ1) is 13.9. The minimum atomic E-state index is 0.250. The van der Waals surface area contributed by atoms with Crippen LogP contribution in [0.5, 0.6) is 0 Å². The fourth-order valence-corrected chi connectivity index (χ4v) is 2.99. The van der Waals surface area contributed by atoms with Gasteiger partial charge in [-0.05, 0) is 44.6 Å². The van der Waals surface area contributed by atoms with Crippen LogP contribution in [0.2, 0.25) is 0 Å². The Morgan fingerprint density at radius 1 is 1.33 bits per heavy atom. The van der Waals surface area contributed by atoms with Crippen molar-refractivity contribution in [2.45, 2.75) is 58.4 Å². The van der Waals surface area contributed by atoms with E-state index >= 15 is 0 Å². The Labute approximate surface area is 111 Å². The maximum absolute atomic E-state index is 12.5. The molecule has 0 aromatic heterocycles. The highest BCUT2D eigenvalue weighted by molar-refractivity contribution is 5.79. The molecule has 0 bridgehead atoms. The van der Waals surface area contributed by atoms with E-state index in [2.05, 4.69) is 24.1 Å². The topological polar surface area (TPSA) is 32.3 Å². The summed E-state index contributed by atoms with van der Waals surface area (Å²) in [6.07, 6.45) is 7.41. The molecule has 2 atom stereocenters. The predicted molar refractivity (Wildman–Crippen MR) is 74.4 cm³/mol. The number of carbonyl (C=O) groups excluding carboxylic acids is 1. The van der Waals surface area contributed by atoms with E-state index in [4.69, 9.17) is 0 Å². The van der Waals surface area contributed by atoms with Crippen LogP contribution in [0.15, 0.2) is 0 Å². The highest BCUT2D eigenvalue weighted by atomic mass is 16.2. The van der Waals surface area contributed by atoms with Crippen molar-refractivity contribution < 1.29 is 4.79 Å². The van der Waals surface area contributed by atoms with Crippen LogP contribution in [0.4, 0.5) is 0 Å². The van der Waals surface area contributed by atoms with Gasteiger partial charge in [0.15, 0.2) is 0 Å². The summed E-state index contributed by atoms with van der Waals surface area (Å²) in [5, 5.41) is 3.55. The third kappa shape index (κ3) is 3.71. The SMILES string of the molecule is CCCN(CC1CCCCN1)C(=O)C(C)C1CC1. The Hall–Kier alpha value is -0.570. The van der Waals surface area contributed by atoms with Crippen LogP contribution in [0.1, 0.15) is 52.4 Å². The summed E-state index contributed by atoms with van der Waals surface area (Å²) in [5.41, 5.74) is 0. The van der Waals surface area contributed by atoms with Gasteiger partial charge >= 0.3 is 0 Å². The third-order valence-electron chi connectivity index (χ3n) is 4.38. The molecule has 2 rings (SSSR count). The van der Waals surface area contributed by atoms with Gasteiger partial charge in [-0.2, -0.15) is 0 Å². The molecule has 18 heavy (non-hydrogen) atoms. The Bertz CT molecular complexity index is 270. The summed E-state index contributed by atoms with van der Waals surface area (Å²) >= 11 is 0. The van der Waals surface area contributed by atoms with Crippen LogP contribution in [0, 0.1) is 11.8 Å². The molecule has 104 valence electrons. The number of amides is 1. The molecule has 2 aliphatic rings. The lowest BCUT2D eigenvalue weighted by molar-refractivity contribution is -0.136. The molecule has 0 aromatic rings. The van der Waals surface area contributed by atoms with Crippen molar-refractivity contribution in [2.24, 2.45) is 11.8 Å². The Balaban J connectivity index is 1.86. The lowest BCUT2D eigenvalue weighted by Crippen LogP contribution is -2.47. The molecular formula is C15H28N2O. The number of carbonyl (C=O) groups is 1. The van der Waals surface area contributed by atoms with Crippen molar-refractivity contribution in [3.05, 3.63) is 0 Å². The number of nitrogens with one attached hydrogen (secondary N) is 1. The van der Waals surface area contributed by atoms with E-state index in [-0.39, 0.29) is 5.92 Å². The molecule has 1 saturated heterocycles. The Morgan fingerprint density at radius 2 is 2.11 bits per heavy atom. The maximum atomic E-state index is 12.5. The van der Waals surface area contributed by atoms with Gasteiger partial charge in [-0.3, -0.25) is 4.79 Å². The molecule has 1 aliphatic heterocycles. The van der Waals surface area contributed by atoms with Gasteiger partial charge in [0.25, 0.3) is 0 Å². The molecule has 1 amide bonds. The van der Waals surface area contributed by atoms with Gasteiger partial charge in [0.1, 0.15) is 0 Å². The summed E-state index contributed by atoms with van der Waals surface area (Å²) in [4.78, 5) is 14.6.